The summed E-state index contributed by atoms with van der Waals surface area (Å²) in [5, 5.41) is 3.22. The minimum atomic E-state index is -3.83. The molecule has 2 rings (SSSR count). The van der Waals surface area contributed by atoms with E-state index in [2.05, 4.69) is 11.4 Å². The minimum Gasteiger partial charge on any atom is -0.380 e. The third kappa shape index (κ3) is 4.49. The van der Waals surface area contributed by atoms with E-state index in [1.54, 1.807) is 30.3 Å². The Morgan fingerprint density at radius 2 is 1.73 bits per heavy atom. The normalized spacial score (nSPS) is 12.0. The molecule has 0 unspecified atom stereocenters. The Bertz CT molecular complexity index is 744. The van der Waals surface area contributed by atoms with Crippen molar-refractivity contribution in [2.24, 2.45) is 0 Å². The smallest absolute Gasteiger partial charge is 0.339 e. The highest BCUT2D eigenvalue weighted by Crippen LogP contribution is 2.23. The third-order valence-corrected chi connectivity index (χ3v) is 4.06. The molecule has 0 atom stereocenters. The van der Waals surface area contributed by atoms with Crippen LogP contribution >= 0.6 is 0 Å². The predicted molar refractivity (Wildman–Crippen MR) is 87.6 cm³/mol. The molecule has 22 heavy (non-hydrogen) atoms. The van der Waals surface area contributed by atoms with Gasteiger partial charge in [0.05, 0.1) is 0 Å². The molecular formula is C17H20NO3S. The number of nitrogens with one attached hydrogen (secondary N) is 1. The van der Waals surface area contributed by atoms with E-state index in [1.165, 1.54) is 12.1 Å². The highest BCUT2D eigenvalue weighted by atomic mass is 32.2. The molecule has 117 valence electrons. The van der Waals surface area contributed by atoms with Crippen molar-refractivity contribution in [1.82, 2.24) is 0 Å². The number of benzene rings is 2. The van der Waals surface area contributed by atoms with Crippen LogP contribution < -0.4 is 9.50 Å². The van der Waals surface area contributed by atoms with Crippen molar-refractivity contribution in [3.8, 4) is 5.75 Å². The molecule has 0 heterocycles. The molecule has 1 N–H and O–H groups in total. The number of anilines is 1. The summed E-state index contributed by atoms with van der Waals surface area (Å²) >= 11 is 0. The molecule has 0 aliphatic rings. The van der Waals surface area contributed by atoms with Crippen LogP contribution in [-0.4, -0.2) is 14.0 Å². The molecule has 0 saturated carbocycles. The largest absolute Gasteiger partial charge is 0.380 e. The maximum atomic E-state index is 12.3. The summed E-state index contributed by atoms with van der Waals surface area (Å²) < 4.78 is 29.7. The minimum absolute atomic E-state index is 0.135. The maximum absolute atomic E-state index is 12.3. The molecule has 0 bridgehead atoms. The van der Waals surface area contributed by atoms with Crippen LogP contribution in [0.15, 0.2) is 47.4 Å². The van der Waals surface area contributed by atoms with Crippen LogP contribution in [0, 0.1) is 13.0 Å². The van der Waals surface area contributed by atoms with Gasteiger partial charge in [0, 0.05) is 23.4 Å². The second-order valence-corrected chi connectivity index (χ2v) is 7.71. The van der Waals surface area contributed by atoms with E-state index >= 15 is 0 Å². The van der Waals surface area contributed by atoms with E-state index in [0.29, 0.717) is 5.69 Å². The molecule has 2 aromatic carbocycles. The summed E-state index contributed by atoms with van der Waals surface area (Å²) in [6.07, 6.45) is 0. The summed E-state index contributed by atoms with van der Waals surface area (Å²) in [7, 11) is -3.83. The van der Waals surface area contributed by atoms with Gasteiger partial charge in [0.25, 0.3) is 0 Å². The Balaban J connectivity index is 2.23. The molecule has 5 heteroatoms. The van der Waals surface area contributed by atoms with Crippen LogP contribution in [-0.2, 0) is 10.1 Å². The summed E-state index contributed by atoms with van der Waals surface area (Å²) in [5.41, 5.74) is 1.53. The van der Waals surface area contributed by atoms with Crippen molar-refractivity contribution in [1.29, 1.82) is 0 Å². The van der Waals surface area contributed by atoms with Crippen LogP contribution in [0.25, 0.3) is 0 Å². The predicted octanol–water partition coefficient (Wildman–Crippen LogP) is 3.77. The molecule has 0 aromatic heterocycles. The lowest BCUT2D eigenvalue weighted by molar-refractivity contribution is 0.486. The molecule has 0 fully saturated rings. The zero-order chi connectivity index (χ0) is 16.4. The Hall–Kier alpha value is -2.01. The van der Waals surface area contributed by atoms with Gasteiger partial charge in [-0.1, -0.05) is 17.7 Å². The Kier molecular flexibility index (Phi) is 4.47. The number of hydrogen-bond donors (Lipinski definition) is 1. The van der Waals surface area contributed by atoms with E-state index in [4.69, 9.17) is 4.18 Å². The maximum Gasteiger partial charge on any atom is 0.339 e. The van der Waals surface area contributed by atoms with Crippen LogP contribution in [0.3, 0.4) is 0 Å². The monoisotopic (exact) mass is 318 g/mol. The number of rotatable bonds is 4. The van der Waals surface area contributed by atoms with Gasteiger partial charge in [-0.05, 0) is 52.0 Å². The van der Waals surface area contributed by atoms with E-state index in [-0.39, 0.29) is 16.2 Å². The molecule has 0 spiro atoms. The van der Waals surface area contributed by atoms with Gasteiger partial charge in [0.1, 0.15) is 10.6 Å². The first-order valence-corrected chi connectivity index (χ1v) is 8.38. The molecule has 0 aliphatic heterocycles. The van der Waals surface area contributed by atoms with Gasteiger partial charge in [-0.3, -0.25) is 0 Å². The van der Waals surface area contributed by atoms with Crippen LogP contribution in [0.5, 0.6) is 5.75 Å². The summed E-state index contributed by atoms with van der Waals surface area (Å²) in [5.74, 6) is 0.256. The number of aryl methyl sites for hydroxylation is 1. The molecule has 2 aromatic rings. The first kappa shape index (κ1) is 16.4. The van der Waals surface area contributed by atoms with E-state index in [1.807, 2.05) is 27.7 Å². The quantitative estimate of drug-likeness (QED) is 0.872. The van der Waals surface area contributed by atoms with Gasteiger partial charge in [-0.2, -0.15) is 8.42 Å². The van der Waals surface area contributed by atoms with E-state index in [0.717, 1.165) is 5.56 Å². The van der Waals surface area contributed by atoms with Gasteiger partial charge >= 0.3 is 10.1 Å². The van der Waals surface area contributed by atoms with Crippen LogP contribution in [0.4, 0.5) is 5.69 Å². The van der Waals surface area contributed by atoms with E-state index < -0.39 is 10.1 Å². The lowest BCUT2D eigenvalue weighted by Crippen LogP contribution is -2.26. The summed E-state index contributed by atoms with van der Waals surface area (Å²) in [6, 6.07) is 14.4. The third-order valence-electron chi connectivity index (χ3n) is 2.80. The van der Waals surface area contributed by atoms with Crippen molar-refractivity contribution in [3.63, 3.8) is 0 Å². The van der Waals surface area contributed by atoms with Crippen LogP contribution in [0.1, 0.15) is 26.3 Å². The Morgan fingerprint density at radius 1 is 1.09 bits per heavy atom. The zero-order valence-electron chi connectivity index (χ0n) is 13.2. The van der Waals surface area contributed by atoms with Crippen molar-refractivity contribution in [3.05, 3.63) is 54.1 Å². The SMILES string of the molecule is Cc1ccc(S(=O)(=O)Oc2cc[c]c(NC(C)(C)C)c2)cc1. The molecule has 0 aliphatic carbocycles. The molecule has 1 radical (unpaired) electrons. The molecule has 4 nitrogen and oxygen atoms in total. The fourth-order valence-corrected chi connectivity index (χ4v) is 2.78. The van der Waals surface area contributed by atoms with Crippen molar-refractivity contribution >= 4 is 15.8 Å². The van der Waals surface area contributed by atoms with Crippen LogP contribution in [0.2, 0.25) is 0 Å². The highest BCUT2D eigenvalue weighted by molar-refractivity contribution is 7.87. The molecule has 0 saturated heterocycles. The average Bonchev–Trinajstić information content (AvgIpc) is 2.37. The lowest BCUT2D eigenvalue weighted by Gasteiger charge is -2.22. The fourth-order valence-electron chi connectivity index (χ4n) is 1.85. The van der Waals surface area contributed by atoms with Crippen molar-refractivity contribution in [2.75, 3.05) is 5.32 Å². The highest BCUT2D eigenvalue weighted by Gasteiger charge is 2.17. The fraction of sp³-hybridized carbons (Fsp3) is 0.294. The first-order valence-electron chi connectivity index (χ1n) is 6.97. The van der Waals surface area contributed by atoms with Crippen molar-refractivity contribution in [2.45, 2.75) is 38.1 Å². The van der Waals surface area contributed by atoms with Gasteiger partial charge in [0.15, 0.2) is 0 Å². The summed E-state index contributed by atoms with van der Waals surface area (Å²) in [6.45, 7) is 7.93. The van der Waals surface area contributed by atoms with Gasteiger partial charge in [0.2, 0.25) is 0 Å². The number of hydrogen-bond acceptors (Lipinski definition) is 4. The molecular weight excluding hydrogens is 298 g/mol. The topological polar surface area (TPSA) is 55.4 Å². The average molecular weight is 318 g/mol. The lowest BCUT2D eigenvalue weighted by atomic mass is 10.1. The van der Waals surface area contributed by atoms with Crippen molar-refractivity contribution < 1.29 is 12.6 Å². The van der Waals surface area contributed by atoms with E-state index in [9.17, 15) is 8.42 Å². The van der Waals surface area contributed by atoms with Gasteiger partial charge < -0.3 is 9.50 Å². The standard InChI is InChI=1S/C17H20NO3S/c1-13-8-10-16(11-9-13)22(19,20)21-15-7-5-6-14(12-15)18-17(2,3)4/h5,7-12,18H,1-4H3. The van der Waals surface area contributed by atoms with Gasteiger partial charge in [-0.15, -0.1) is 0 Å². The Labute approximate surface area is 132 Å². The first-order chi connectivity index (χ1) is 10.2. The second-order valence-electron chi connectivity index (χ2n) is 6.16. The summed E-state index contributed by atoms with van der Waals surface area (Å²) in [4.78, 5) is 0.135. The molecule has 0 amide bonds. The van der Waals surface area contributed by atoms with Gasteiger partial charge in [-0.25, -0.2) is 0 Å². The Morgan fingerprint density at radius 3 is 2.32 bits per heavy atom. The zero-order valence-corrected chi connectivity index (χ0v) is 14.0. The second kappa shape index (κ2) is 6.01.